The molecule has 1 atom stereocenters. The van der Waals surface area contributed by atoms with Crippen molar-refractivity contribution in [2.75, 3.05) is 26.8 Å². The van der Waals surface area contributed by atoms with Crippen LogP contribution in [0.1, 0.15) is 0 Å². The van der Waals surface area contributed by atoms with E-state index >= 15 is 0 Å². The predicted octanol–water partition coefficient (Wildman–Crippen LogP) is 1.65. The molecule has 1 aliphatic heterocycles. The number of hydrogen-bond acceptors (Lipinski definition) is 4. The van der Waals surface area contributed by atoms with Crippen LogP contribution in [0.5, 0.6) is 5.75 Å². The average Bonchev–Trinajstić information content (AvgIpc) is 2.46. The summed E-state index contributed by atoms with van der Waals surface area (Å²) >= 11 is 0. The minimum Gasteiger partial charge on any atom is -0.497 e. The van der Waals surface area contributed by atoms with Gasteiger partial charge in [-0.1, -0.05) is 6.07 Å². The molecule has 0 unspecified atom stereocenters. The molecule has 9 heteroatoms. The van der Waals surface area contributed by atoms with E-state index in [9.17, 15) is 21.6 Å². The number of benzene rings is 1. The van der Waals surface area contributed by atoms with Gasteiger partial charge >= 0.3 is 6.18 Å². The lowest BCUT2D eigenvalue weighted by Crippen LogP contribution is -2.51. The number of ether oxygens (including phenoxy) is 2. The Balaban J connectivity index is 2.26. The highest BCUT2D eigenvalue weighted by Gasteiger charge is 2.45. The van der Waals surface area contributed by atoms with Crippen molar-refractivity contribution in [2.45, 2.75) is 17.2 Å². The van der Waals surface area contributed by atoms with Crippen molar-refractivity contribution in [1.29, 1.82) is 0 Å². The summed E-state index contributed by atoms with van der Waals surface area (Å²) < 4.78 is 73.0. The first-order chi connectivity index (χ1) is 9.75. The summed E-state index contributed by atoms with van der Waals surface area (Å²) in [5.74, 6) is 0.316. The van der Waals surface area contributed by atoms with E-state index in [-0.39, 0.29) is 18.0 Å². The van der Waals surface area contributed by atoms with E-state index in [1.807, 2.05) is 0 Å². The van der Waals surface area contributed by atoms with Gasteiger partial charge in [0, 0.05) is 19.2 Å². The van der Waals surface area contributed by atoms with Gasteiger partial charge in [0.25, 0.3) is 0 Å². The molecule has 0 aliphatic carbocycles. The van der Waals surface area contributed by atoms with Crippen molar-refractivity contribution in [3.8, 4) is 5.75 Å². The van der Waals surface area contributed by atoms with E-state index in [4.69, 9.17) is 4.74 Å². The van der Waals surface area contributed by atoms with E-state index < -0.39 is 28.8 Å². The number of rotatable bonds is 3. The van der Waals surface area contributed by atoms with E-state index in [1.165, 1.54) is 25.3 Å². The van der Waals surface area contributed by atoms with E-state index in [1.54, 1.807) is 6.07 Å². The Labute approximate surface area is 120 Å². The SMILES string of the molecule is COc1cccc(S(=O)(=O)N2CCO[C@@H](C(F)(F)F)C2)c1. The Morgan fingerprint density at radius 2 is 2.10 bits per heavy atom. The van der Waals surface area contributed by atoms with Crippen LogP contribution in [0.25, 0.3) is 0 Å². The fourth-order valence-electron chi connectivity index (χ4n) is 1.95. The molecule has 1 aromatic carbocycles. The molecule has 0 radical (unpaired) electrons. The molecule has 2 rings (SSSR count). The van der Waals surface area contributed by atoms with Gasteiger partial charge in [-0.3, -0.25) is 0 Å². The van der Waals surface area contributed by atoms with Gasteiger partial charge in [-0.05, 0) is 12.1 Å². The van der Waals surface area contributed by atoms with Gasteiger partial charge in [0.1, 0.15) is 5.75 Å². The highest BCUT2D eigenvalue weighted by molar-refractivity contribution is 7.89. The van der Waals surface area contributed by atoms with Gasteiger partial charge < -0.3 is 9.47 Å². The third-order valence-electron chi connectivity index (χ3n) is 3.07. The number of nitrogens with zero attached hydrogens (tertiary/aromatic N) is 1. The normalized spacial score (nSPS) is 21.2. The van der Waals surface area contributed by atoms with Crippen molar-refractivity contribution in [3.63, 3.8) is 0 Å². The molecule has 1 heterocycles. The fourth-order valence-corrected chi connectivity index (χ4v) is 3.41. The number of halogens is 3. The molecule has 118 valence electrons. The van der Waals surface area contributed by atoms with Gasteiger partial charge in [0.15, 0.2) is 6.10 Å². The smallest absolute Gasteiger partial charge is 0.415 e. The Morgan fingerprint density at radius 3 is 2.71 bits per heavy atom. The molecule has 1 fully saturated rings. The summed E-state index contributed by atoms with van der Waals surface area (Å²) in [4.78, 5) is -0.107. The highest BCUT2D eigenvalue weighted by Crippen LogP contribution is 2.29. The molecule has 0 aromatic heterocycles. The number of hydrogen-bond donors (Lipinski definition) is 0. The molecule has 0 spiro atoms. The second-order valence-electron chi connectivity index (χ2n) is 4.44. The summed E-state index contributed by atoms with van der Waals surface area (Å²) in [5.41, 5.74) is 0. The van der Waals surface area contributed by atoms with Crippen LogP contribution in [0, 0.1) is 0 Å². The van der Waals surface area contributed by atoms with Crippen LogP contribution < -0.4 is 4.74 Å². The van der Waals surface area contributed by atoms with Crippen LogP contribution in [0.4, 0.5) is 13.2 Å². The Bertz CT molecular complexity index is 603. The van der Waals surface area contributed by atoms with Crippen LogP contribution in [0.15, 0.2) is 29.2 Å². The quantitative estimate of drug-likeness (QED) is 0.848. The first-order valence-corrected chi connectivity index (χ1v) is 7.51. The molecule has 5 nitrogen and oxygen atoms in total. The van der Waals surface area contributed by atoms with Crippen molar-refractivity contribution in [1.82, 2.24) is 4.31 Å². The number of methoxy groups -OCH3 is 1. The summed E-state index contributed by atoms with van der Waals surface area (Å²) in [6, 6.07) is 5.60. The molecule has 1 aromatic rings. The zero-order valence-corrected chi connectivity index (χ0v) is 11.9. The maximum absolute atomic E-state index is 12.7. The molecular weight excluding hydrogens is 311 g/mol. The molecule has 1 aliphatic rings. The number of morpholine rings is 1. The molecule has 1 saturated heterocycles. The van der Waals surface area contributed by atoms with Gasteiger partial charge in [0.2, 0.25) is 10.0 Å². The van der Waals surface area contributed by atoms with Crippen LogP contribution in [0.3, 0.4) is 0 Å². The standard InChI is InChI=1S/C12H14F3NO4S/c1-19-9-3-2-4-10(7-9)21(17,18)16-5-6-20-11(8-16)12(13,14)15/h2-4,7,11H,5-6,8H2,1H3/t11-/m1/s1. The number of alkyl halides is 3. The van der Waals surface area contributed by atoms with Crippen molar-refractivity contribution >= 4 is 10.0 Å². The largest absolute Gasteiger partial charge is 0.497 e. The summed E-state index contributed by atoms with van der Waals surface area (Å²) in [6.07, 6.45) is -6.70. The molecule has 0 saturated carbocycles. The highest BCUT2D eigenvalue weighted by atomic mass is 32.2. The minimum atomic E-state index is -4.59. The van der Waals surface area contributed by atoms with E-state index in [2.05, 4.69) is 4.74 Å². The van der Waals surface area contributed by atoms with Crippen LogP contribution in [0.2, 0.25) is 0 Å². The topological polar surface area (TPSA) is 55.8 Å². The first kappa shape index (κ1) is 16.1. The molecule has 0 N–H and O–H groups in total. The van der Waals surface area contributed by atoms with Gasteiger partial charge in [-0.25, -0.2) is 8.42 Å². The van der Waals surface area contributed by atoms with E-state index in [0.29, 0.717) is 5.75 Å². The monoisotopic (exact) mass is 325 g/mol. The number of sulfonamides is 1. The Hall–Kier alpha value is -1.32. The molecule has 0 bridgehead atoms. The van der Waals surface area contributed by atoms with Crippen molar-refractivity contribution in [3.05, 3.63) is 24.3 Å². The van der Waals surface area contributed by atoms with Crippen molar-refractivity contribution in [2.24, 2.45) is 0 Å². The predicted molar refractivity (Wildman–Crippen MR) is 67.5 cm³/mol. The lowest BCUT2D eigenvalue weighted by atomic mass is 10.3. The second kappa shape index (κ2) is 5.82. The summed E-state index contributed by atoms with van der Waals surface area (Å²) in [7, 11) is -2.64. The lowest BCUT2D eigenvalue weighted by Gasteiger charge is -2.33. The second-order valence-corrected chi connectivity index (χ2v) is 6.38. The Morgan fingerprint density at radius 1 is 1.38 bits per heavy atom. The first-order valence-electron chi connectivity index (χ1n) is 6.07. The summed E-state index contributed by atoms with van der Waals surface area (Å²) in [6.45, 7) is -1.16. The van der Waals surface area contributed by atoms with Crippen LogP contribution >= 0.6 is 0 Å². The molecule has 0 amide bonds. The fraction of sp³-hybridized carbons (Fsp3) is 0.500. The molecule has 21 heavy (non-hydrogen) atoms. The lowest BCUT2D eigenvalue weighted by molar-refractivity contribution is -0.231. The maximum Gasteiger partial charge on any atom is 0.415 e. The summed E-state index contributed by atoms with van der Waals surface area (Å²) in [5, 5.41) is 0. The maximum atomic E-state index is 12.7. The zero-order chi connectivity index (χ0) is 15.7. The third kappa shape index (κ3) is 3.47. The van der Waals surface area contributed by atoms with Crippen molar-refractivity contribution < 1.29 is 31.1 Å². The van der Waals surface area contributed by atoms with Gasteiger partial charge in [-0.15, -0.1) is 0 Å². The third-order valence-corrected chi connectivity index (χ3v) is 4.93. The minimum absolute atomic E-state index is 0.107. The Kier molecular flexibility index (Phi) is 4.45. The van der Waals surface area contributed by atoms with Crippen LogP contribution in [-0.2, 0) is 14.8 Å². The average molecular weight is 325 g/mol. The van der Waals surface area contributed by atoms with Gasteiger partial charge in [0.05, 0.1) is 18.6 Å². The molecular formula is C12H14F3NO4S. The van der Waals surface area contributed by atoms with Crippen LogP contribution in [-0.4, -0.2) is 51.8 Å². The van der Waals surface area contributed by atoms with E-state index in [0.717, 1.165) is 4.31 Å². The zero-order valence-electron chi connectivity index (χ0n) is 11.1. The van der Waals surface area contributed by atoms with Gasteiger partial charge in [-0.2, -0.15) is 17.5 Å².